The van der Waals surface area contributed by atoms with Crippen LogP contribution in [0.1, 0.15) is 35.8 Å². The highest BCUT2D eigenvalue weighted by molar-refractivity contribution is 5.93. The number of piperidine rings is 3. The van der Waals surface area contributed by atoms with Crippen LogP contribution in [0.4, 0.5) is 0 Å². The summed E-state index contributed by atoms with van der Waals surface area (Å²) in [5.74, 6) is 0.638. The van der Waals surface area contributed by atoms with Crippen molar-refractivity contribution < 1.29 is 4.79 Å². The SMILES string of the molecule is Cc1ccc(-c2ccc(C(=O)N[C@@H]3C4CCN(CC4)[C@H]3C)[nH]2)cc1. The van der Waals surface area contributed by atoms with Crippen LogP contribution in [0.2, 0.25) is 0 Å². The number of nitrogens with one attached hydrogen (secondary N) is 2. The first-order valence-corrected chi connectivity index (χ1v) is 8.93. The molecule has 0 radical (unpaired) electrons. The van der Waals surface area contributed by atoms with Crippen LogP contribution in [-0.2, 0) is 0 Å². The molecule has 126 valence electrons. The lowest BCUT2D eigenvalue weighted by Crippen LogP contribution is -2.62. The summed E-state index contributed by atoms with van der Waals surface area (Å²) in [5, 5.41) is 3.28. The molecule has 4 heterocycles. The van der Waals surface area contributed by atoms with Gasteiger partial charge in [0.25, 0.3) is 5.91 Å². The second kappa shape index (κ2) is 6.10. The number of aryl methyl sites for hydroxylation is 1. The lowest BCUT2D eigenvalue weighted by Gasteiger charge is -2.49. The van der Waals surface area contributed by atoms with E-state index in [1.165, 1.54) is 31.5 Å². The molecule has 5 rings (SSSR count). The maximum absolute atomic E-state index is 12.7. The quantitative estimate of drug-likeness (QED) is 0.911. The zero-order chi connectivity index (χ0) is 16.7. The van der Waals surface area contributed by atoms with Crippen LogP contribution >= 0.6 is 0 Å². The van der Waals surface area contributed by atoms with E-state index in [9.17, 15) is 4.79 Å². The number of nitrogens with zero attached hydrogens (tertiary/aromatic N) is 1. The van der Waals surface area contributed by atoms with Gasteiger partial charge in [-0.1, -0.05) is 29.8 Å². The third-order valence-corrected chi connectivity index (χ3v) is 5.77. The van der Waals surface area contributed by atoms with Crippen LogP contribution in [0, 0.1) is 12.8 Å². The Morgan fingerprint density at radius 1 is 1.12 bits per heavy atom. The van der Waals surface area contributed by atoms with E-state index in [1.807, 2.05) is 12.1 Å². The monoisotopic (exact) mass is 323 g/mol. The fraction of sp³-hybridized carbons (Fsp3) is 0.450. The van der Waals surface area contributed by atoms with Crippen molar-refractivity contribution in [2.75, 3.05) is 13.1 Å². The first kappa shape index (κ1) is 15.5. The molecule has 0 saturated carbocycles. The molecule has 2 aromatic rings. The van der Waals surface area contributed by atoms with Crippen molar-refractivity contribution in [2.45, 2.75) is 38.8 Å². The summed E-state index contributed by atoms with van der Waals surface area (Å²) in [6, 6.07) is 12.9. The van der Waals surface area contributed by atoms with E-state index in [2.05, 4.69) is 53.3 Å². The molecule has 3 saturated heterocycles. The van der Waals surface area contributed by atoms with Gasteiger partial charge in [-0.3, -0.25) is 9.69 Å². The number of amides is 1. The Morgan fingerprint density at radius 2 is 1.83 bits per heavy atom. The first-order chi connectivity index (χ1) is 11.6. The minimum Gasteiger partial charge on any atom is -0.351 e. The molecule has 2 bridgehead atoms. The van der Waals surface area contributed by atoms with Gasteiger partial charge in [0.2, 0.25) is 0 Å². The van der Waals surface area contributed by atoms with Crippen molar-refractivity contribution in [1.82, 2.24) is 15.2 Å². The zero-order valence-electron chi connectivity index (χ0n) is 14.4. The molecule has 4 nitrogen and oxygen atoms in total. The Morgan fingerprint density at radius 3 is 2.50 bits per heavy atom. The predicted octanol–water partition coefficient (Wildman–Crippen LogP) is 3.20. The van der Waals surface area contributed by atoms with Gasteiger partial charge in [0.15, 0.2) is 0 Å². The largest absolute Gasteiger partial charge is 0.351 e. The van der Waals surface area contributed by atoms with E-state index in [0.717, 1.165) is 11.3 Å². The predicted molar refractivity (Wildman–Crippen MR) is 96.0 cm³/mol. The van der Waals surface area contributed by atoms with E-state index in [1.54, 1.807) is 0 Å². The Balaban J connectivity index is 1.48. The lowest BCUT2D eigenvalue weighted by molar-refractivity contribution is 0.0216. The molecular formula is C20H25N3O. The fourth-order valence-corrected chi connectivity index (χ4v) is 4.20. The molecule has 2 atom stereocenters. The minimum atomic E-state index is 0.0129. The van der Waals surface area contributed by atoms with Gasteiger partial charge in [0.05, 0.1) is 0 Å². The Kier molecular flexibility index (Phi) is 3.93. The van der Waals surface area contributed by atoms with Gasteiger partial charge in [-0.2, -0.15) is 0 Å². The van der Waals surface area contributed by atoms with Gasteiger partial charge in [0.1, 0.15) is 5.69 Å². The van der Waals surface area contributed by atoms with Crippen molar-refractivity contribution in [3.8, 4) is 11.3 Å². The molecule has 3 aliphatic heterocycles. The number of carbonyl (C=O) groups excluding carboxylic acids is 1. The van der Waals surface area contributed by atoms with Crippen LogP contribution in [-0.4, -0.2) is 41.0 Å². The van der Waals surface area contributed by atoms with Gasteiger partial charge in [-0.05, 0) is 63.4 Å². The number of hydrogen-bond donors (Lipinski definition) is 2. The minimum absolute atomic E-state index is 0.0129. The van der Waals surface area contributed by atoms with E-state index in [-0.39, 0.29) is 11.9 Å². The number of fused-ring (bicyclic) bond motifs is 3. The lowest BCUT2D eigenvalue weighted by atomic mass is 9.79. The third-order valence-electron chi connectivity index (χ3n) is 5.77. The number of aromatic amines is 1. The Labute approximate surface area is 143 Å². The number of benzene rings is 1. The van der Waals surface area contributed by atoms with Crippen molar-refractivity contribution in [3.63, 3.8) is 0 Å². The number of hydrogen-bond acceptors (Lipinski definition) is 2. The zero-order valence-corrected chi connectivity index (χ0v) is 14.4. The third kappa shape index (κ3) is 2.75. The molecule has 2 N–H and O–H groups in total. The van der Waals surface area contributed by atoms with Crippen molar-refractivity contribution >= 4 is 5.91 Å². The molecule has 0 spiro atoms. The van der Waals surface area contributed by atoms with Gasteiger partial charge in [-0.15, -0.1) is 0 Å². The molecule has 0 unspecified atom stereocenters. The van der Waals surface area contributed by atoms with E-state index in [0.29, 0.717) is 17.7 Å². The fourth-order valence-electron chi connectivity index (χ4n) is 4.20. The standard InChI is InChI=1S/C20H25N3O/c1-13-3-5-15(6-4-13)17-7-8-18(21-17)20(24)22-19-14(2)23-11-9-16(19)10-12-23/h3-8,14,16,19,21H,9-12H2,1-2H3,(H,22,24)/t14-,19-/m0/s1. The van der Waals surface area contributed by atoms with Crippen molar-refractivity contribution in [1.29, 1.82) is 0 Å². The highest BCUT2D eigenvalue weighted by Crippen LogP contribution is 2.32. The van der Waals surface area contributed by atoms with Gasteiger partial charge in [0, 0.05) is 17.8 Å². The van der Waals surface area contributed by atoms with Crippen LogP contribution in [0.5, 0.6) is 0 Å². The Hall–Kier alpha value is -2.07. The molecule has 4 heteroatoms. The number of carbonyl (C=O) groups is 1. The number of aromatic nitrogens is 1. The van der Waals surface area contributed by atoms with Crippen molar-refractivity contribution in [3.05, 3.63) is 47.7 Å². The summed E-state index contributed by atoms with van der Waals surface area (Å²) in [4.78, 5) is 18.4. The number of rotatable bonds is 3. The summed E-state index contributed by atoms with van der Waals surface area (Å²) < 4.78 is 0. The molecular weight excluding hydrogens is 298 g/mol. The summed E-state index contributed by atoms with van der Waals surface area (Å²) in [6.45, 7) is 6.67. The van der Waals surface area contributed by atoms with E-state index in [4.69, 9.17) is 0 Å². The Bertz CT molecular complexity index is 724. The van der Waals surface area contributed by atoms with Crippen LogP contribution in [0.15, 0.2) is 36.4 Å². The van der Waals surface area contributed by atoms with Gasteiger partial charge < -0.3 is 10.3 Å². The molecule has 24 heavy (non-hydrogen) atoms. The smallest absolute Gasteiger partial charge is 0.267 e. The van der Waals surface area contributed by atoms with Crippen molar-refractivity contribution in [2.24, 2.45) is 5.92 Å². The molecule has 1 aromatic heterocycles. The molecule has 1 aromatic carbocycles. The van der Waals surface area contributed by atoms with E-state index >= 15 is 0 Å². The van der Waals surface area contributed by atoms with E-state index < -0.39 is 0 Å². The highest BCUT2D eigenvalue weighted by Gasteiger charge is 2.40. The van der Waals surface area contributed by atoms with Crippen LogP contribution < -0.4 is 5.32 Å². The maximum Gasteiger partial charge on any atom is 0.267 e. The number of H-pyrrole nitrogens is 1. The summed E-state index contributed by atoms with van der Waals surface area (Å²) in [6.07, 6.45) is 2.41. The second-order valence-corrected chi connectivity index (χ2v) is 7.26. The van der Waals surface area contributed by atoms with Crippen LogP contribution in [0.25, 0.3) is 11.3 Å². The maximum atomic E-state index is 12.7. The molecule has 3 aliphatic rings. The normalized spacial score (nSPS) is 28.8. The summed E-state index contributed by atoms with van der Waals surface area (Å²) in [5.41, 5.74) is 3.98. The average Bonchev–Trinajstić information content (AvgIpc) is 3.09. The highest BCUT2D eigenvalue weighted by atomic mass is 16.2. The molecule has 1 amide bonds. The van der Waals surface area contributed by atoms with Gasteiger partial charge >= 0.3 is 0 Å². The second-order valence-electron chi connectivity index (χ2n) is 7.26. The van der Waals surface area contributed by atoms with Gasteiger partial charge in [-0.25, -0.2) is 0 Å². The molecule has 0 aliphatic carbocycles. The average molecular weight is 323 g/mol. The topological polar surface area (TPSA) is 48.1 Å². The molecule has 3 fully saturated rings. The summed E-state index contributed by atoms with van der Waals surface area (Å²) >= 11 is 0. The van der Waals surface area contributed by atoms with Crippen LogP contribution in [0.3, 0.4) is 0 Å². The first-order valence-electron chi connectivity index (χ1n) is 8.93. The summed E-state index contributed by atoms with van der Waals surface area (Å²) in [7, 11) is 0.